The third-order valence-corrected chi connectivity index (χ3v) is 6.73. The summed E-state index contributed by atoms with van der Waals surface area (Å²) in [5, 5.41) is 3.01. The lowest BCUT2D eigenvalue weighted by Gasteiger charge is -2.33. The maximum Gasteiger partial charge on any atom is 0.251 e. The average Bonchev–Trinajstić information content (AvgIpc) is 2.59. The van der Waals surface area contributed by atoms with Gasteiger partial charge < -0.3 is 10.2 Å². The number of carbonyl (C=O) groups excluding carboxylic acids is 2. The Morgan fingerprint density at radius 3 is 2.30 bits per heavy atom. The van der Waals surface area contributed by atoms with Gasteiger partial charge in [-0.1, -0.05) is 19.9 Å². The molecule has 0 spiro atoms. The van der Waals surface area contributed by atoms with Crippen LogP contribution in [0.15, 0.2) is 23.1 Å². The third kappa shape index (κ3) is 6.80. The molecule has 0 saturated carbocycles. The number of hydrogen-bond acceptors (Lipinski definition) is 4. The minimum atomic E-state index is -3.72. The second kappa shape index (κ2) is 9.47. The molecule has 0 aromatic heterocycles. The van der Waals surface area contributed by atoms with Crippen molar-refractivity contribution in [3.63, 3.8) is 0 Å². The number of likely N-dealkylation sites (tertiary alicyclic amines) is 1. The van der Waals surface area contributed by atoms with Gasteiger partial charge in [0.05, 0.1) is 4.90 Å². The molecule has 0 bridgehead atoms. The van der Waals surface area contributed by atoms with Crippen molar-refractivity contribution in [1.29, 1.82) is 0 Å². The molecule has 8 heteroatoms. The Kier molecular flexibility index (Phi) is 7.69. The van der Waals surface area contributed by atoms with E-state index in [0.29, 0.717) is 49.4 Å². The highest BCUT2D eigenvalue weighted by atomic mass is 32.2. The van der Waals surface area contributed by atoms with Gasteiger partial charge in [0.25, 0.3) is 5.91 Å². The molecule has 1 fully saturated rings. The van der Waals surface area contributed by atoms with E-state index in [-0.39, 0.29) is 22.8 Å². The van der Waals surface area contributed by atoms with Gasteiger partial charge in [-0.15, -0.1) is 0 Å². The molecular weight excluding hydrogens is 402 g/mol. The lowest BCUT2D eigenvalue weighted by Crippen LogP contribution is -2.46. The molecular formula is C22H35N3O4S. The highest BCUT2D eigenvalue weighted by molar-refractivity contribution is 7.89. The first-order valence-corrected chi connectivity index (χ1v) is 12.0. The van der Waals surface area contributed by atoms with Crippen LogP contribution in [0.2, 0.25) is 0 Å². The summed E-state index contributed by atoms with van der Waals surface area (Å²) in [6.45, 7) is 12.4. The van der Waals surface area contributed by atoms with Gasteiger partial charge in [-0.25, -0.2) is 13.1 Å². The number of rotatable bonds is 6. The molecule has 1 aliphatic rings. The van der Waals surface area contributed by atoms with Crippen LogP contribution in [0.1, 0.15) is 69.8 Å². The molecule has 2 amide bonds. The first kappa shape index (κ1) is 24.3. The van der Waals surface area contributed by atoms with Crippen LogP contribution in [-0.4, -0.2) is 49.8 Å². The zero-order valence-corrected chi connectivity index (χ0v) is 19.7. The van der Waals surface area contributed by atoms with Gasteiger partial charge in [0.2, 0.25) is 15.9 Å². The molecule has 1 saturated heterocycles. The fraction of sp³-hybridized carbons (Fsp3) is 0.636. The summed E-state index contributed by atoms with van der Waals surface area (Å²) < 4.78 is 27.9. The predicted octanol–water partition coefficient (Wildman–Crippen LogP) is 2.84. The first-order chi connectivity index (χ1) is 13.8. The number of nitrogens with one attached hydrogen (secondary N) is 2. The lowest BCUT2D eigenvalue weighted by atomic mass is 10.0. The Hall–Kier alpha value is -1.93. The first-order valence-electron chi connectivity index (χ1n) is 10.5. The smallest absolute Gasteiger partial charge is 0.251 e. The number of piperidine rings is 1. The number of benzene rings is 1. The summed E-state index contributed by atoms with van der Waals surface area (Å²) >= 11 is 0. The lowest BCUT2D eigenvalue weighted by molar-refractivity contribution is -0.133. The summed E-state index contributed by atoms with van der Waals surface area (Å²) in [5.41, 5.74) is 0.449. The molecule has 1 aliphatic heterocycles. The van der Waals surface area contributed by atoms with Crippen LogP contribution in [0.5, 0.6) is 0 Å². The van der Waals surface area contributed by atoms with Crippen molar-refractivity contribution in [2.75, 3.05) is 13.1 Å². The van der Waals surface area contributed by atoms with Gasteiger partial charge in [0.15, 0.2) is 0 Å². The molecule has 7 nitrogen and oxygen atoms in total. The number of nitrogens with zero attached hydrogens (tertiary/aromatic N) is 1. The number of hydrogen-bond donors (Lipinski definition) is 2. The molecule has 168 valence electrons. The van der Waals surface area contributed by atoms with E-state index in [1.54, 1.807) is 33.8 Å². The molecule has 0 unspecified atom stereocenters. The highest BCUT2D eigenvalue weighted by Gasteiger charge is 2.26. The number of carbonyl (C=O) groups is 2. The topological polar surface area (TPSA) is 95.6 Å². The van der Waals surface area contributed by atoms with Crippen LogP contribution >= 0.6 is 0 Å². The van der Waals surface area contributed by atoms with Crippen molar-refractivity contribution in [1.82, 2.24) is 14.9 Å². The molecule has 1 heterocycles. The second-order valence-corrected chi connectivity index (χ2v) is 11.2. The van der Waals surface area contributed by atoms with Gasteiger partial charge in [0, 0.05) is 36.7 Å². The van der Waals surface area contributed by atoms with Crippen molar-refractivity contribution in [3.8, 4) is 0 Å². The number of amides is 2. The van der Waals surface area contributed by atoms with Gasteiger partial charge >= 0.3 is 0 Å². The van der Waals surface area contributed by atoms with E-state index in [4.69, 9.17) is 0 Å². The van der Waals surface area contributed by atoms with E-state index in [0.717, 1.165) is 0 Å². The van der Waals surface area contributed by atoms with Crippen LogP contribution in [-0.2, 0) is 14.8 Å². The molecule has 2 N–H and O–H groups in total. The minimum Gasteiger partial charge on any atom is -0.349 e. The Labute approximate surface area is 180 Å². The standard InChI is InChI=1S/C22H35N3O4S/c1-15(2)13-20(26)25-11-9-17(10-12-25)23-21(27)19-14-18(8-7-16(19)3)30(28,29)24-22(4,5)6/h7-8,14-15,17,24H,9-13H2,1-6H3,(H,23,27). The molecule has 0 aliphatic carbocycles. The molecule has 30 heavy (non-hydrogen) atoms. The van der Waals surface area contributed by atoms with Crippen molar-refractivity contribution in [2.45, 2.75) is 77.3 Å². The maximum absolute atomic E-state index is 12.9. The van der Waals surface area contributed by atoms with Crippen molar-refractivity contribution >= 4 is 21.8 Å². The Morgan fingerprint density at radius 2 is 1.77 bits per heavy atom. The Bertz CT molecular complexity index is 880. The monoisotopic (exact) mass is 437 g/mol. The second-order valence-electron chi connectivity index (χ2n) is 9.56. The maximum atomic E-state index is 12.9. The van der Waals surface area contributed by atoms with Crippen molar-refractivity contribution in [3.05, 3.63) is 29.3 Å². The quantitative estimate of drug-likeness (QED) is 0.715. The molecule has 0 atom stereocenters. The van der Waals surface area contributed by atoms with E-state index in [2.05, 4.69) is 10.0 Å². The summed E-state index contributed by atoms with van der Waals surface area (Å²) in [4.78, 5) is 27.0. The Morgan fingerprint density at radius 1 is 1.17 bits per heavy atom. The van der Waals surface area contributed by atoms with Crippen LogP contribution in [0.3, 0.4) is 0 Å². The van der Waals surface area contributed by atoms with Gasteiger partial charge in [-0.2, -0.15) is 0 Å². The largest absolute Gasteiger partial charge is 0.349 e. The van der Waals surface area contributed by atoms with E-state index in [1.165, 1.54) is 12.1 Å². The molecule has 2 rings (SSSR count). The van der Waals surface area contributed by atoms with Crippen molar-refractivity contribution in [2.24, 2.45) is 5.92 Å². The summed E-state index contributed by atoms with van der Waals surface area (Å²) in [6, 6.07) is 4.56. The minimum absolute atomic E-state index is 0.0343. The SMILES string of the molecule is Cc1ccc(S(=O)(=O)NC(C)(C)C)cc1C(=O)NC1CCN(C(=O)CC(C)C)CC1. The van der Waals surface area contributed by atoms with Crippen LogP contribution < -0.4 is 10.0 Å². The van der Waals surface area contributed by atoms with E-state index >= 15 is 0 Å². The Balaban J connectivity index is 2.05. The molecule has 1 aromatic rings. The molecule has 0 radical (unpaired) electrons. The summed E-state index contributed by atoms with van der Waals surface area (Å²) in [6.07, 6.45) is 1.93. The number of aryl methyl sites for hydroxylation is 1. The normalized spacial score (nSPS) is 16.0. The zero-order valence-electron chi connectivity index (χ0n) is 18.9. The zero-order chi connectivity index (χ0) is 22.7. The number of sulfonamides is 1. The van der Waals surface area contributed by atoms with E-state index in [9.17, 15) is 18.0 Å². The molecule has 1 aromatic carbocycles. The van der Waals surface area contributed by atoms with Crippen LogP contribution in [0.4, 0.5) is 0 Å². The third-order valence-electron chi connectivity index (χ3n) is 4.97. The van der Waals surface area contributed by atoms with Gasteiger partial charge in [-0.3, -0.25) is 9.59 Å². The van der Waals surface area contributed by atoms with Crippen LogP contribution in [0.25, 0.3) is 0 Å². The van der Waals surface area contributed by atoms with E-state index < -0.39 is 15.6 Å². The summed E-state index contributed by atoms with van der Waals surface area (Å²) in [7, 11) is -3.72. The summed E-state index contributed by atoms with van der Waals surface area (Å²) in [5.74, 6) is 0.205. The average molecular weight is 438 g/mol. The highest BCUT2D eigenvalue weighted by Crippen LogP contribution is 2.19. The van der Waals surface area contributed by atoms with Crippen LogP contribution in [0, 0.1) is 12.8 Å². The fourth-order valence-electron chi connectivity index (χ4n) is 3.49. The van der Waals surface area contributed by atoms with Crippen molar-refractivity contribution < 1.29 is 18.0 Å². The fourth-order valence-corrected chi connectivity index (χ4v) is 4.93. The van der Waals surface area contributed by atoms with Gasteiger partial charge in [0.1, 0.15) is 0 Å². The predicted molar refractivity (Wildman–Crippen MR) is 118 cm³/mol. The van der Waals surface area contributed by atoms with Gasteiger partial charge in [-0.05, 0) is 64.2 Å². The van der Waals surface area contributed by atoms with E-state index in [1.807, 2.05) is 18.7 Å².